The molecule has 0 atom stereocenters. The third-order valence-corrected chi connectivity index (χ3v) is 5.05. The van der Waals surface area contributed by atoms with Gasteiger partial charge in [-0.25, -0.2) is 0 Å². The Labute approximate surface area is 133 Å². The van der Waals surface area contributed by atoms with Crippen molar-refractivity contribution in [3.05, 3.63) is 29.8 Å². The van der Waals surface area contributed by atoms with Crippen LogP contribution in [-0.2, 0) is 6.42 Å². The van der Waals surface area contributed by atoms with Crippen LogP contribution in [0.3, 0.4) is 0 Å². The fourth-order valence-corrected chi connectivity index (χ4v) is 3.29. The molecule has 2 aliphatic carbocycles. The van der Waals surface area contributed by atoms with Gasteiger partial charge in [-0.2, -0.15) is 0 Å². The van der Waals surface area contributed by atoms with Gasteiger partial charge in [-0.1, -0.05) is 18.2 Å². The molecule has 3 rings (SSSR count). The molecule has 0 radical (unpaired) electrons. The summed E-state index contributed by atoms with van der Waals surface area (Å²) in [5, 5.41) is 6.93. The largest absolute Gasteiger partial charge is 0.496 e. The summed E-state index contributed by atoms with van der Waals surface area (Å²) in [7, 11) is 3.56. The molecule has 2 saturated carbocycles. The smallest absolute Gasteiger partial charge is 0.191 e. The Balaban J connectivity index is 1.43. The standard InChI is InChI=1S/C18H27N3O/c1-19-17(21-13-18(10-11-18)15-7-8-15)20-12-9-14-5-3-4-6-16(14)22-2/h3-6,15H,7-13H2,1-2H3,(H2,19,20,21). The number of ether oxygens (including phenoxy) is 1. The van der Waals surface area contributed by atoms with Crippen molar-refractivity contribution in [1.82, 2.24) is 10.6 Å². The molecule has 0 aliphatic heterocycles. The Morgan fingerprint density at radius 2 is 2.05 bits per heavy atom. The quantitative estimate of drug-likeness (QED) is 0.601. The third-order valence-electron chi connectivity index (χ3n) is 5.05. The summed E-state index contributed by atoms with van der Waals surface area (Å²) in [5.41, 5.74) is 1.82. The number of benzene rings is 1. The van der Waals surface area contributed by atoms with Crippen molar-refractivity contribution in [2.45, 2.75) is 32.1 Å². The van der Waals surface area contributed by atoms with Crippen molar-refractivity contribution >= 4 is 5.96 Å². The number of hydrogen-bond donors (Lipinski definition) is 2. The minimum Gasteiger partial charge on any atom is -0.496 e. The minimum atomic E-state index is 0.597. The molecular formula is C18H27N3O. The van der Waals surface area contributed by atoms with E-state index < -0.39 is 0 Å². The summed E-state index contributed by atoms with van der Waals surface area (Å²) in [5.74, 6) is 2.85. The van der Waals surface area contributed by atoms with Gasteiger partial charge in [-0.05, 0) is 55.1 Å². The molecule has 1 aromatic carbocycles. The maximum absolute atomic E-state index is 5.39. The Bertz CT molecular complexity index is 533. The summed E-state index contributed by atoms with van der Waals surface area (Å²) >= 11 is 0. The second kappa shape index (κ2) is 6.59. The highest BCUT2D eigenvalue weighted by atomic mass is 16.5. The zero-order valence-electron chi connectivity index (χ0n) is 13.7. The van der Waals surface area contributed by atoms with Crippen LogP contribution in [-0.4, -0.2) is 33.2 Å². The number of para-hydroxylation sites is 1. The number of guanidine groups is 1. The molecule has 1 aromatic rings. The van der Waals surface area contributed by atoms with Crippen LogP contribution in [0.2, 0.25) is 0 Å². The van der Waals surface area contributed by atoms with E-state index in [2.05, 4.69) is 27.8 Å². The van der Waals surface area contributed by atoms with Crippen molar-refractivity contribution in [3.63, 3.8) is 0 Å². The molecule has 2 N–H and O–H groups in total. The highest BCUT2D eigenvalue weighted by molar-refractivity contribution is 5.79. The molecule has 120 valence electrons. The van der Waals surface area contributed by atoms with Crippen LogP contribution in [0.15, 0.2) is 29.3 Å². The number of aliphatic imine (C=N–C) groups is 1. The number of rotatable bonds is 7. The Morgan fingerprint density at radius 1 is 1.27 bits per heavy atom. The van der Waals surface area contributed by atoms with Crippen molar-refractivity contribution in [2.75, 3.05) is 27.2 Å². The number of hydrogen-bond acceptors (Lipinski definition) is 2. The van der Waals surface area contributed by atoms with Gasteiger partial charge in [0.1, 0.15) is 5.75 Å². The highest BCUT2D eigenvalue weighted by Crippen LogP contribution is 2.60. The van der Waals surface area contributed by atoms with Crippen LogP contribution < -0.4 is 15.4 Å². The molecule has 22 heavy (non-hydrogen) atoms. The minimum absolute atomic E-state index is 0.597. The Kier molecular flexibility index (Phi) is 4.55. The number of nitrogens with one attached hydrogen (secondary N) is 2. The molecule has 2 aliphatic rings. The van der Waals surface area contributed by atoms with Crippen LogP contribution in [0.4, 0.5) is 0 Å². The van der Waals surface area contributed by atoms with E-state index in [9.17, 15) is 0 Å². The van der Waals surface area contributed by atoms with Gasteiger partial charge < -0.3 is 15.4 Å². The molecular weight excluding hydrogens is 274 g/mol. The summed E-state index contributed by atoms with van der Waals surface area (Å²) in [6, 6.07) is 8.18. The highest BCUT2D eigenvalue weighted by Gasteiger charge is 2.53. The second-order valence-electron chi connectivity index (χ2n) is 6.55. The predicted octanol–water partition coefficient (Wildman–Crippen LogP) is 2.59. The van der Waals surface area contributed by atoms with Crippen molar-refractivity contribution in [1.29, 1.82) is 0 Å². The topological polar surface area (TPSA) is 45.7 Å². The summed E-state index contributed by atoms with van der Waals surface area (Å²) < 4.78 is 5.39. The van der Waals surface area contributed by atoms with Gasteiger partial charge in [-0.15, -0.1) is 0 Å². The van der Waals surface area contributed by atoms with E-state index in [4.69, 9.17) is 4.74 Å². The van der Waals surface area contributed by atoms with Gasteiger partial charge in [0.05, 0.1) is 7.11 Å². The SMILES string of the molecule is CN=C(NCCc1ccccc1OC)NCC1(C2CC2)CC1. The van der Waals surface area contributed by atoms with Crippen LogP contribution in [0.25, 0.3) is 0 Å². The fourth-order valence-electron chi connectivity index (χ4n) is 3.29. The maximum Gasteiger partial charge on any atom is 0.191 e. The van der Waals surface area contributed by atoms with E-state index in [0.29, 0.717) is 5.41 Å². The van der Waals surface area contributed by atoms with E-state index in [0.717, 1.165) is 37.1 Å². The first-order valence-corrected chi connectivity index (χ1v) is 8.34. The lowest BCUT2D eigenvalue weighted by molar-refractivity contribution is 0.409. The van der Waals surface area contributed by atoms with Crippen LogP contribution >= 0.6 is 0 Å². The average Bonchev–Trinajstić information content (AvgIpc) is 3.43. The van der Waals surface area contributed by atoms with Crippen molar-refractivity contribution < 1.29 is 4.74 Å². The van der Waals surface area contributed by atoms with Gasteiger partial charge in [-0.3, -0.25) is 4.99 Å². The summed E-state index contributed by atoms with van der Waals surface area (Å²) in [6.07, 6.45) is 6.58. The molecule has 0 heterocycles. The van der Waals surface area contributed by atoms with E-state index in [1.807, 2.05) is 19.2 Å². The third kappa shape index (κ3) is 3.54. The number of methoxy groups -OCH3 is 1. The molecule has 0 bridgehead atoms. The van der Waals surface area contributed by atoms with Crippen LogP contribution in [0.1, 0.15) is 31.2 Å². The first-order chi connectivity index (χ1) is 10.8. The lowest BCUT2D eigenvalue weighted by Crippen LogP contribution is -2.41. The lowest BCUT2D eigenvalue weighted by atomic mass is 10.0. The van der Waals surface area contributed by atoms with Gasteiger partial charge in [0, 0.05) is 20.1 Å². The van der Waals surface area contributed by atoms with E-state index >= 15 is 0 Å². The van der Waals surface area contributed by atoms with E-state index in [1.165, 1.54) is 31.2 Å². The van der Waals surface area contributed by atoms with E-state index in [-0.39, 0.29) is 0 Å². The number of nitrogens with zero attached hydrogens (tertiary/aromatic N) is 1. The fraction of sp³-hybridized carbons (Fsp3) is 0.611. The van der Waals surface area contributed by atoms with Gasteiger partial charge in [0.15, 0.2) is 5.96 Å². The van der Waals surface area contributed by atoms with Gasteiger partial charge in [0.2, 0.25) is 0 Å². The normalized spacial score (nSPS) is 19.6. The summed E-state index contributed by atoms with van der Waals surface area (Å²) in [6.45, 7) is 1.93. The second-order valence-corrected chi connectivity index (χ2v) is 6.55. The molecule has 4 nitrogen and oxygen atoms in total. The van der Waals surface area contributed by atoms with Gasteiger partial charge in [0.25, 0.3) is 0 Å². The van der Waals surface area contributed by atoms with Crippen LogP contribution in [0.5, 0.6) is 5.75 Å². The zero-order valence-corrected chi connectivity index (χ0v) is 13.7. The Hall–Kier alpha value is -1.71. The first kappa shape index (κ1) is 15.2. The monoisotopic (exact) mass is 301 g/mol. The van der Waals surface area contributed by atoms with Gasteiger partial charge >= 0.3 is 0 Å². The molecule has 4 heteroatoms. The summed E-state index contributed by atoms with van der Waals surface area (Å²) in [4.78, 5) is 4.34. The van der Waals surface area contributed by atoms with Crippen molar-refractivity contribution in [2.24, 2.45) is 16.3 Å². The van der Waals surface area contributed by atoms with Crippen LogP contribution in [0, 0.1) is 11.3 Å². The molecule has 0 amide bonds. The lowest BCUT2D eigenvalue weighted by Gasteiger charge is -2.18. The maximum atomic E-state index is 5.39. The molecule has 2 fully saturated rings. The van der Waals surface area contributed by atoms with E-state index in [1.54, 1.807) is 7.11 Å². The average molecular weight is 301 g/mol. The molecule has 0 unspecified atom stereocenters. The predicted molar refractivity (Wildman–Crippen MR) is 90.5 cm³/mol. The molecule has 0 spiro atoms. The van der Waals surface area contributed by atoms with Crippen molar-refractivity contribution in [3.8, 4) is 5.75 Å². The molecule has 0 saturated heterocycles. The first-order valence-electron chi connectivity index (χ1n) is 8.34. The Morgan fingerprint density at radius 3 is 2.68 bits per heavy atom. The molecule has 0 aromatic heterocycles. The zero-order chi connectivity index (χ0) is 15.4.